The van der Waals surface area contributed by atoms with Crippen molar-refractivity contribution in [2.24, 2.45) is 0 Å². The van der Waals surface area contributed by atoms with Crippen molar-refractivity contribution in [1.82, 2.24) is 14.8 Å². The predicted molar refractivity (Wildman–Crippen MR) is 68.2 cm³/mol. The second kappa shape index (κ2) is 4.84. The van der Waals surface area contributed by atoms with Gasteiger partial charge in [-0.15, -0.1) is 0 Å². The Balaban J connectivity index is 2.46. The Morgan fingerprint density at radius 1 is 1.29 bits per heavy atom. The number of ether oxygens (including phenoxy) is 1. The fraction of sp³-hybridized carbons (Fsp3) is 0.538. The van der Waals surface area contributed by atoms with Crippen LogP contribution in [0.25, 0.3) is 10.9 Å². The predicted octanol–water partition coefficient (Wildman–Crippen LogP) is 2.76. The van der Waals surface area contributed by atoms with Crippen molar-refractivity contribution < 1.29 is 4.74 Å². The molecule has 0 aliphatic heterocycles. The number of hydrogen-bond acceptors (Lipinski definition) is 3. The highest BCUT2D eigenvalue weighted by atomic mass is 16.5. The Kier molecular flexibility index (Phi) is 3.43. The zero-order valence-corrected chi connectivity index (χ0v) is 10.8. The summed E-state index contributed by atoms with van der Waals surface area (Å²) in [5.41, 5.74) is 2.23. The summed E-state index contributed by atoms with van der Waals surface area (Å²) in [6.07, 6.45) is 3.76. The second-order valence-corrected chi connectivity index (χ2v) is 4.72. The molecule has 1 atom stereocenters. The molecule has 0 saturated carbocycles. The third kappa shape index (κ3) is 2.31. The minimum Gasteiger partial charge on any atom is -0.382 e. The van der Waals surface area contributed by atoms with Crippen LogP contribution >= 0.6 is 0 Å². The van der Waals surface area contributed by atoms with Gasteiger partial charge in [0.2, 0.25) is 0 Å². The SMILES string of the molecule is COCC(C)n1ncc2cnc(C(C)C)cc21. The molecule has 0 fully saturated rings. The highest BCUT2D eigenvalue weighted by Gasteiger charge is 2.11. The summed E-state index contributed by atoms with van der Waals surface area (Å²) in [7, 11) is 1.71. The van der Waals surface area contributed by atoms with Crippen molar-refractivity contribution in [3.05, 3.63) is 24.2 Å². The van der Waals surface area contributed by atoms with E-state index in [0.717, 1.165) is 16.6 Å². The first-order valence-corrected chi connectivity index (χ1v) is 5.95. The molecule has 0 aliphatic carbocycles. The molecule has 0 aromatic carbocycles. The zero-order chi connectivity index (χ0) is 12.4. The first-order valence-electron chi connectivity index (χ1n) is 5.95. The van der Waals surface area contributed by atoms with Gasteiger partial charge >= 0.3 is 0 Å². The van der Waals surface area contributed by atoms with Crippen LogP contribution in [-0.4, -0.2) is 28.5 Å². The minimum absolute atomic E-state index is 0.236. The Labute approximate surface area is 102 Å². The van der Waals surface area contributed by atoms with E-state index >= 15 is 0 Å². The van der Waals surface area contributed by atoms with E-state index in [9.17, 15) is 0 Å². The highest BCUT2D eigenvalue weighted by Crippen LogP contribution is 2.21. The monoisotopic (exact) mass is 233 g/mol. The molecule has 0 radical (unpaired) electrons. The zero-order valence-electron chi connectivity index (χ0n) is 10.8. The molecule has 2 rings (SSSR count). The van der Waals surface area contributed by atoms with Crippen molar-refractivity contribution in [2.75, 3.05) is 13.7 Å². The molecule has 0 N–H and O–H groups in total. The Morgan fingerprint density at radius 3 is 2.71 bits per heavy atom. The lowest BCUT2D eigenvalue weighted by molar-refractivity contribution is 0.159. The van der Waals surface area contributed by atoms with E-state index in [2.05, 4.69) is 36.9 Å². The van der Waals surface area contributed by atoms with Gasteiger partial charge in [0.1, 0.15) is 0 Å². The number of rotatable bonds is 4. The summed E-state index contributed by atoms with van der Waals surface area (Å²) in [6, 6.07) is 2.36. The van der Waals surface area contributed by atoms with Gasteiger partial charge in [-0.05, 0) is 18.9 Å². The number of fused-ring (bicyclic) bond motifs is 1. The Hall–Kier alpha value is -1.42. The quantitative estimate of drug-likeness (QED) is 0.815. The minimum atomic E-state index is 0.236. The van der Waals surface area contributed by atoms with Gasteiger partial charge < -0.3 is 4.74 Å². The average Bonchev–Trinajstić information content (AvgIpc) is 2.71. The fourth-order valence-corrected chi connectivity index (χ4v) is 1.93. The van der Waals surface area contributed by atoms with Gasteiger partial charge in [-0.1, -0.05) is 13.8 Å². The van der Waals surface area contributed by atoms with Crippen LogP contribution in [0, 0.1) is 0 Å². The van der Waals surface area contributed by atoms with Crippen molar-refractivity contribution in [3.63, 3.8) is 0 Å². The molecule has 0 aliphatic rings. The van der Waals surface area contributed by atoms with Gasteiger partial charge in [-0.3, -0.25) is 9.67 Å². The van der Waals surface area contributed by atoms with Crippen LogP contribution in [0.2, 0.25) is 0 Å². The summed E-state index contributed by atoms with van der Waals surface area (Å²) in [4.78, 5) is 4.44. The smallest absolute Gasteiger partial charge is 0.0731 e. The summed E-state index contributed by atoms with van der Waals surface area (Å²) in [6.45, 7) is 7.06. The summed E-state index contributed by atoms with van der Waals surface area (Å²) in [5.74, 6) is 0.431. The number of hydrogen-bond donors (Lipinski definition) is 0. The maximum absolute atomic E-state index is 5.18. The van der Waals surface area contributed by atoms with Gasteiger partial charge in [0.05, 0.1) is 24.4 Å². The first-order chi connectivity index (χ1) is 8.13. The first kappa shape index (κ1) is 12.0. The van der Waals surface area contributed by atoms with E-state index in [0.29, 0.717) is 12.5 Å². The molecule has 2 aromatic heterocycles. The lowest BCUT2D eigenvalue weighted by Gasteiger charge is -2.13. The summed E-state index contributed by atoms with van der Waals surface area (Å²) < 4.78 is 7.18. The van der Waals surface area contributed by atoms with Crippen LogP contribution in [0.3, 0.4) is 0 Å². The van der Waals surface area contributed by atoms with Gasteiger partial charge in [0, 0.05) is 24.4 Å². The van der Waals surface area contributed by atoms with E-state index < -0.39 is 0 Å². The molecule has 2 heterocycles. The van der Waals surface area contributed by atoms with Gasteiger partial charge in [0.15, 0.2) is 0 Å². The summed E-state index contributed by atoms with van der Waals surface area (Å²) in [5, 5.41) is 5.49. The van der Waals surface area contributed by atoms with Crippen molar-refractivity contribution in [3.8, 4) is 0 Å². The van der Waals surface area contributed by atoms with Crippen LogP contribution in [-0.2, 0) is 4.74 Å². The van der Waals surface area contributed by atoms with Crippen molar-refractivity contribution in [1.29, 1.82) is 0 Å². The lowest BCUT2D eigenvalue weighted by Crippen LogP contribution is -2.12. The van der Waals surface area contributed by atoms with E-state index in [1.807, 2.05) is 17.1 Å². The second-order valence-electron chi connectivity index (χ2n) is 4.72. The Bertz CT molecular complexity index is 504. The van der Waals surface area contributed by atoms with Gasteiger partial charge in [0.25, 0.3) is 0 Å². The molecule has 2 aromatic rings. The normalized spacial score (nSPS) is 13.5. The van der Waals surface area contributed by atoms with Crippen molar-refractivity contribution in [2.45, 2.75) is 32.7 Å². The number of nitrogens with zero attached hydrogens (tertiary/aromatic N) is 3. The van der Waals surface area contributed by atoms with Gasteiger partial charge in [-0.2, -0.15) is 5.10 Å². The number of aromatic nitrogens is 3. The number of methoxy groups -OCH3 is 1. The highest BCUT2D eigenvalue weighted by molar-refractivity contribution is 5.78. The van der Waals surface area contributed by atoms with Crippen LogP contribution in [0.4, 0.5) is 0 Å². The van der Waals surface area contributed by atoms with Crippen LogP contribution in [0.1, 0.15) is 38.4 Å². The molecule has 1 unspecified atom stereocenters. The molecular weight excluding hydrogens is 214 g/mol. The topological polar surface area (TPSA) is 39.9 Å². The van der Waals surface area contributed by atoms with Crippen molar-refractivity contribution >= 4 is 10.9 Å². The molecule has 0 saturated heterocycles. The molecule has 4 nitrogen and oxygen atoms in total. The maximum Gasteiger partial charge on any atom is 0.0731 e. The third-order valence-corrected chi connectivity index (χ3v) is 2.92. The molecule has 0 bridgehead atoms. The standard InChI is InChI=1S/C13H19N3O/c1-9(2)12-5-13-11(6-14-12)7-15-16(13)10(3)8-17-4/h5-7,9-10H,8H2,1-4H3. The third-order valence-electron chi connectivity index (χ3n) is 2.92. The largest absolute Gasteiger partial charge is 0.382 e. The van der Waals surface area contributed by atoms with Crippen LogP contribution in [0.15, 0.2) is 18.5 Å². The van der Waals surface area contributed by atoms with E-state index in [1.165, 1.54) is 0 Å². The molecule has 4 heteroatoms. The Morgan fingerprint density at radius 2 is 2.06 bits per heavy atom. The molecular formula is C13H19N3O. The molecule has 17 heavy (non-hydrogen) atoms. The molecule has 92 valence electrons. The maximum atomic E-state index is 5.18. The van der Waals surface area contributed by atoms with E-state index in [-0.39, 0.29) is 6.04 Å². The van der Waals surface area contributed by atoms with Gasteiger partial charge in [-0.25, -0.2) is 0 Å². The van der Waals surface area contributed by atoms with Crippen LogP contribution in [0.5, 0.6) is 0 Å². The molecule has 0 spiro atoms. The molecule has 0 amide bonds. The van der Waals surface area contributed by atoms with E-state index in [4.69, 9.17) is 4.74 Å². The van der Waals surface area contributed by atoms with Crippen LogP contribution < -0.4 is 0 Å². The fourth-order valence-electron chi connectivity index (χ4n) is 1.93. The van der Waals surface area contributed by atoms with E-state index in [1.54, 1.807) is 7.11 Å². The lowest BCUT2D eigenvalue weighted by atomic mass is 10.1. The number of pyridine rings is 1. The average molecular weight is 233 g/mol. The summed E-state index contributed by atoms with van der Waals surface area (Å²) >= 11 is 0.